The number of hydrogen-bond acceptors (Lipinski definition) is 5. The van der Waals surface area contributed by atoms with Crippen molar-refractivity contribution in [3.8, 4) is 0 Å². The maximum Gasteiger partial charge on any atom is 0.306 e. The predicted molar refractivity (Wildman–Crippen MR) is 71.8 cm³/mol. The molecule has 0 bridgehead atoms. The zero-order valence-corrected chi connectivity index (χ0v) is 11.3. The summed E-state index contributed by atoms with van der Waals surface area (Å²) in [6.45, 7) is 1.59. The number of ether oxygens (including phenoxy) is 1. The Morgan fingerprint density at radius 2 is 2.26 bits per heavy atom. The maximum absolute atomic E-state index is 11.0. The molecule has 0 amide bonds. The highest BCUT2D eigenvalue weighted by molar-refractivity contribution is 5.72. The second-order valence-corrected chi connectivity index (χ2v) is 4.53. The number of carbonyl (C=O) groups excluding carboxylic acids is 1. The maximum atomic E-state index is 11.0. The molecule has 0 N–H and O–H groups in total. The van der Waals surface area contributed by atoms with Crippen molar-refractivity contribution < 1.29 is 13.9 Å². The molecule has 0 saturated heterocycles. The number of aromatic nitrogens is 1. The number of benzene rings is 1. The van der Waals surface area contributed by atoms with Gasteiger partial charge in [-0.05, 0) is 31.2 Å². The highest BCUT2D eigenvalue weighted by atomic mass is 16.5. The molecule has 5 nitrogen and oxygen atoms in total. The molecule has 0 spiro atoms. The van der Waals surface area contributed by atoms with Crippen molar-refractivity contribution in [1.29, 1.82) is 0 Å². The van der Waals surface area contributed by atoms with E-state index in [2.05, 4.69) is 20.7 Å². The molecule has 1 heterocycles. The number of fused-ring (bicyclic) bond motifs is 1. The van der Waals surface area contributed by atoms with Crippen LogP contribution in [0.25, 0.3) is 11.1 Å². The fourth-order valence-corrected chi connectivity index (χ4v) is 1.87. The van der Waals surface area contributed by atoms with Crippen molar-refractivity contribution >= 4 is 17.1 Å². The molecule has 5 heteroatoms. The Bertz CT molecular complexity index is 550. The van der Waals surface area contributed by atoms with Gasteiger partial charge in [-0.1, -0.05) is 6.07 Å². The molecule has 1 aromatic heterocycles. The smallest absolute Gasteiger partial charge is 0.306 e. The minimum absolute atomic E-state index is 0.171. The van der Waals surface area contributed by atoms with Crippen LogP contribution in [0, 0.1) is 0 Å². The van der Waals surface area contributed by atoms with Crippen LogP contribution in [0.5, 0.6) is 0 Å². The number of hydrogen-bond donors (Lipinski definition) is 0. The van der Waals surface area contributed by atoms with Crippen LogP contribution < -0.4 is 0 Å². The number of esters is 1. The summed E-state index contributed by atoms with van der Waals surface area (Å²) in [5, 5.41) is 0. The molecular formula is C14H18N2O3. The van der Waals surface area contributed by atoms with Gasteiger partial charge in [0.15, 0.2) is 12.0 Å². The normalized spacial score (nSPS) is 11.1. The van der Waals surface area contributed by atoms with Gasteiger partial charge in [-0.3, -0.25) is 4.79 Å². The van der Waals surface area contributed by atoms with Crippen molar-refractivity contribution in [2.45, 2.75) is 12.8 Å². The second kappa shape index (κ2) is 6.33. The van der Waals surface area contributed by atoms with E-state index in [-0.39, 0.29) is 5.97 Å². The number of carbonyl (C=O) groups is 1. The summed E-state index contributed by atoms with van der Waals surface area (Å²) >= 11 is 0. The van der Waals surface area contributed by atoms with E-state index in [1.165, 1.54) is 19.1 Å². The van der Waals surface area contributed by atoms with E-state index in [0.717, 1.165) is 24.1 Å². The standard InChI is InChI=1S/C14H18N2O3/c1-16(8-6-14(17)18-2)7-5-11-3-4-12-13(9-11)19-10-15-12/h3-4,9-10H,5-8H2,1-2H3. The summed E-state index contributed by atoms with van der Waals surface area (Å²) in [6.07, 6.45) is 2.79. The van der Waals surface area contributed by atoms with E-state index in [9.17, 15) is 4.79 Å². The largest absolute Gasteiger partial charge is 0.469 e. The first-order chi connectivity index (χ1) is 9.19. The summed E-state index contributed by atoms with van der Waals surface area (Å²) < 4.78 is 9.89. The summed E-state index contributed by atoms with van der Waals surface area (Å²) in [7, 11) is 3.41. The Morgan fingerprint density at radius 3 is 3.05 bits per heavy atom. The molecule has 0 aliphatic rings. The third-order valence-corrected chi connectivity index (χ3v) is 3.10. The van der Waals surface area contributed by atoms with Gasteiger partial charge in [0.05, 0.1) is 13.5 Å². The molecule has 0 radical (unpaired) electrons. The lowest BCUT2D eigenvalue weighted by Gasteiger charge is -2.15. The third kappa shape index (κ3) is 3.79. The average Bonchev–Trinajstić information content (AvgIpc) is 2.89. The van der Waals surface area contributed by atoms with Gasteiger partial charge in [-0.25, -0.2) is 4.98 Å². The zero-order valence-electron chi connectivity index (χ0n) is 11.3. The van der Waals surface area contributed by atoms with E-state index in [1.54, 1.807) is 0 Å². The van der Waals surface area contributed by atoms with Gasteiger partial charge >= 0.3 is 5.97 Å². The molecule has 102 valence electrons. The van der Waals surface area contributed by atoms with Crippen molar-refractivity contribution in [3.63, 3.8) is 0 Å². The van der Waals surface area contributed by atoms with Crippen LogP contribution >= 0.6 is 0 Å². The van der Waals surface area contributed by atoms with Gasteiger partial charge in [-0.2, -0.15) is 0 Å². The quantitative estimate of drug-likeness (QED) is 0.744. The number of likely N-dealkylation sites (N-methyl/N-ethyl adjacent to an activating group) is 1. The van der Waals surface area contributed by atoms with Crippen LogP contribution in [0.2, 0.25) is 0 Å². The number of methoxy groups -OCH3 is 1. The van der Waals surface area contributed by atoms with Crippen LogP contribution in [0.1, 0.15) is 12.0 Å². The Labute approximate surface area is 112 Å². The van der Waals surface area contributed by atoms with Crippen LogP contribution in [0.3, 0.4) is 0 Å². The van der Waals surface area contributed by atoms with Crippen LogP contribution in [0.15, 0.2) is 29.0 Å². The van der Waals surface area contributed by atoms with Gasteiger partial charge < -0.3 is 14.1 Å². The van der Waals surface area contributed by atoms with Gasteiger partial charge in [0, 0.05) is 13.1 Å². The van der Waals surface area contributed by atoms with Crippen LogP contribution in [0.4, 0.5) is 0 Å². The van der Waals surface area contributed by atoms with Crippen molar-refractivity contribution in [1.82, 2.24) is 9.88 Å². The highest BCUT2D eigenvalue weighted by Gasteiger charge is 2.05. The Kier molecular flexibility index (Phi) is 4.52. The van der Waals surface area contributed by atoms with Crippen LogP contribution in [-0.4, -0.2) is 43.1 Å². The van der Waals surface area contributed by atoms with E-state index in [1.807, 2.05) is 19.2 Å². The Hall–Kier alpha value is -1.88. The van der Waals surface area contributed by atoms with Gasteiger partial charge in [-0.15, -0.1) is 0 Å². The molecule has 0 unspecified atom stereocenters. The first-order valence-corrected chi connectivity index (χ1v) is 6.26. The molecule has 19 heavy (non-hydrogen) atoms. The summed E-state index contributed by atoms with van der Waals surface area (Å²) in [6, 6.07) is 6.03. The van der Waals surface area contributed by atoms with Gasteiger partial charge in [0.2, 0.25) is 0 Å². The number of nitrogens with zero attached hydrogens (tertiary/aromatic N) is 2. The third-order valence-electron chi connectivity index (χ3n) is 3.10. The average molecular weight is 262 g/mol. The molecule has 0 fully saturated rings. The fourth-order valence-electron chi connectivity index (χ4n) is 1.87. The molecule has 0 atom stereocenters. The predicted octanol–water partition coefficient (Wildman–Crippen LogP) is 1.87. The molecule has 0 saturated carbocycles. The molecule has 0 aliphatic heterocycles. The molecule has 1 aromatic carbocycles. The Balaban J connectivity index is 1.82. The topological polar surface area (TPSA) is 55.6 Å². The lowest BCUT2D eigenvalue weighted by molar-refractivity contribution is -0.140. The van der Waals surface area contributed by atoms with E-state index in [0.29, 0.717) is 13.0 Å². The highest BCUT2D eigenvalue weighted by Crippen LogP contribution is 2.14. The van der Waals surface area contributed by atoms with Gasteiger partial charge in [0.25, 0.3) is 0 Å². The second-order valence-electron chi connectivity index (χ2n) is 4.53. The fraction of sp³-hybridized carbons (Fsp3) is 0.429. The SMILES string of the molecule is COC(=O)CCN(C)CCc1ccc2ncoc2c1. The van der Waals surface area contributed by atoms with Crippen molar-refractivity contribution in [3.05, 3.63) is 30.2 Å². The minimum Gasteiger partial charge on any atom is -0.469 e. The van der Waals surface area contributed by atoms with E-state index in [4.69, 9.17) is 4.42 Å². The van der Waals surface area contributed by atoms with Gasteiger partial charge in [0.1, 0.15) is 5.52 Å². The number of oxazole rings is 1. The molecule has 0 aliphatic carbocycles. The lowest BCUT2D eigenvalue weighted by Crippen LogP contribution is -2.24. The Morgan fingerprint density at radius 1 is 1.42 bits per heavy atom. The molecular weight excluding hydrogens is 244 g/mol. The minimum atomic E-state index is -0.171. The summed E-state index contributed by atoms with van der Waals surface area (Å²) in [5.41, 5.74) is 2.90. The van der Waals surface area contributed by atoms with E-state index >= 15 is 0 Å². The first-order valence-electron chi connectivity index (χ1n) is 6.26. The van der Waals surface area contributed by atoms with Crippen molar-refractivity contribution in [2.24, 2.45) is 0 Å². The summed E-state index contributed by atoms with van der Waals surface area (Å²) in [5.74, 6) is -0.171. The first kappa shape index (κ1) is 13.5. The molecule has 2 aromatic rings. The van der Waals surface area contributed by atoms with E-state index < -0.39 is 0 Å². The lowest BCUT2D eigenvalue weighted by atomic mass is 10.1. The molecule has 2 rings (SSSR count). The van der Waals surface area contributed by atoms with Crippen LogP contribution in [-0.2, 0) is 16.0 Å². The number of rotatable bonds is 6. The monoisotopic (exact) mass is 262 g/mol. The van der Waals surface area contributed by atoms with Crippen molar-refractivity contribution in [2.75, 3.05) is 27.2 Å². The zero-order chi connectivity index (χ0) is 13.7. The summed E-state index contributed by atoms with van der Waals surface area (Å²) in [4.78, 5) is 17.2.